The minimum absolute atomic E-state index is 0.0591. The summed E-state index contributed by atoms with van der Waals surface area (Å²) in [5, 5.41) is 11.7. The van der Waals surface area contributed by atoms with Crippen molar-refractivity contribution in [2.75, 3.05) is 40.1 Å². The Labute approximate surface area is 121 Å². The highest BCUT2D eigenvalue weighted by atomic mass is 16.5. The number of carboxylic acid groups (broad SMARTS) is 1. The van der Waals surface area contributed by atoms with Gasteiger partial charge in [0, 0.05) is 6.54 Å². The zero-order valence-corrected chi connectivity index (χ0v) is 11.6. The molecule has 0 aromatic heterocycles. The first-order valence-corrected chi connectivity index (χ1v) is 6.58. The molecule has 2 aliphatic rings. The van der Waals surface area contributed by atoms with Gasteiger partial charge >= 0.3 is 18.0 Å². The van der Waals surface area contributed by atoms with Crippen molar-refractivity contribution >= 4 is 18.0 Å². The van der Waals surface area contributed by atoms with Crippen LogP contribution in [0.3, 0.4) is 0 Å². The van der Waals surface area contributed by atoms with Gasteiger partial charge in [-0.25, -0.2) is 9.59 Å². The molecule has 0 aliphatic carbocycles. The molecule has 2 amide bonds. The molecule has 3 atom stereocenters. The maximum atomic E-state index is 12.3. The maximum Gasteiger partial charge on any atom is 0.331 e. The van der Waals surface area contributed by atoms with E-state index in [4.69, 9.17) is 14.6 Å². The normalized spacial score (nSPS) is 29.0. The molecule has 0 bridgehead atoms. The van der Waals surface area contributed by atoms with Crippen molar-refractivity contribution in [2.24, 2.45) is 5.92 Å². The minimum atomic E-state index is -1.02. The number of methoxy groups -OCH3 is 1. The number of nitrogens with one attached hydrogen (secondary N) is 1. The Hall–Kier alpha value is -1.87. The molecule has 2 heterocycles. The Morgan fingerprint density at radius 2 is 2.00 bits per heavy atom. The summed E-state index contributed by atoms with van der Waals surface area (Å²) < 4.78 is 14.9. The molecule has 0 saturated carbocycles. The number of morpholine rings is 1. The molecule has 3 unspecified atom stereocenters. The van der Waals surface area contributed by atoms with E-state index in [0.717, 1.165) is 0 Å². The fourth-order valence-electron chi connectivity index (χ4n) is 2.36. The summed E-state index contributed by atoms with van der Waals surface area (Å²) in [5.41, 5.74) is 0. The molecule has 2 aliphatic heterocycles. The third-order valence-electron chi connectivity index (χ3n) is 3.57. The molecular weight excluding hydrogens is 284 g/mol. The van der Waals surface area contributed by atoms with Gasteiger partial charge in [-0.05, 0) is 0 Å². The molecule has 0 spiro atoms. The molecule has 9 nitrogen and oxygen atoms in total. The largest absolute Gasteiger partial charge is 0.481 e. The van der Waals surface area contributed by atoms with Crippen LogP contribution in [0.15, 0.2) is 0 Å². The zero-order valence-electron chi connectivity index (χ0n) is 11.6. The first-order valence-electron chi connectivity index (χ1n) is 6.58. The van der Waals surface area contributed by atoms with Crippen LogP contribution >= 0.6 is 0 Å². The quantitative estimate of drug-likeness (QED) is 0.621. The number of nitrogens with zero attached hydrogens (tertiary/aromatic N) is 1. The van der Waals surface area contributed by atoms with E-state index >= 15 is 0 Å². The van der Waals surface area contributed by atoms with E-state index in [-0.39, 0.29) is 26.4 Å². The Kier molecular flexibility index (Phi) is 4.97. The molecule has 2 fully saturated rings. The van der Waals surface area contributed by atoms with Gasteiger partial charge < -0.3 is 29.5 Å². The number of esters is 1. The van der Waals surface area contributed by atoms with Crippen LogP contribution < -0.4 is 5.32 Å². The van der Waals surface area contributed by atoms with Crippen LogP contribution in [-0.2, 0) is 23.8 Å². The molecule has 0 aromatic rings. The number of urea groups is 1. The summed E-state index contributed by atoms with van der Waals surface area (Å²) in [7, 11) is 1.23. The molecule has 0 radical (unpaired) electrons. The Bertz CT molecular complexity index is 428. The number of carboxylic acids is 1. The van der Waals surface area contributed by atoms with E-state index in [1.54, 1.807) is 0 Å². The molecule has 118 valence electrons. The van der Waals surface area contributed by atoms with Crippen LogP contribution in [0.5, 0.6) is 0 Å². The summed E-state index contributed by atoms with van der Waals surface area (Å²) >= 11 is 0. The number of amides is 2. The number of hydrogen-bond donors (Lipinski definition) is 2. The lowest BCUT2D eigenvalue weighted by Crippen LogP contribution is -2.58. The summed E-state index contributed by atoms with van der Waals surface area (Å²) in [6.45, 7) is 0.796. The van der Waals surface area contributed by atoms with Crippen LogP contribution in [0.2, 0.25) is 0 Å². The average Bonchev–Trinajstić information content (AvgIpc) is 2.94. The summed E-state index contributed by atoms with van der Waals surface area (Å²) in [4.78, 5) is 36.3. The van der Waals surface area contributed by atoms with Gasteiger partial charge in [0.2, 0.25) is 0 Å². The van der Waals surface area contributed by atoms with E-state index in [2.05, 4.69) is 10.1 Å². The van der Waals surface area contributed by atoms with Crippen molar-refractivity contribution in [1.82, 2.24) is 10.2 Å². The van der Waals surface area contributed by atoms with Gasteiger partial charge in [0.25, 0.3) is 0 Å². The highest BCUT2D eigenvalue weighted by Gasteiger charge is 2.39. The number of rotatable bonds is 3. The number of aliphatic carboxylic acids is 1. The zero-order chi connectivity index (χ0) is 15.4. The van der Waals surface area contributed by atoms with Crippen molar-refractivity contribution in [3.05, 3.63) is 0 Å². The third-order valence-corrected chi connectivity index (χ3v) is 3.57. The van der Waals surface area contributed by atoms with Crippen LogP contribution in [-0.4, -0.2) is 80.1 Å². The van der Waals surface area contributed by atoms with Crippen molar-refractivity contribution < 1.29 is 33.7 Å². The lowest BCUT2D eigenvalue weighted by molar-refractivity contribution is -0.151. The van der Waals surface area contributed by atoms with Crippen molar-refractivity contribution in [3.8, 4) is 0 Å². The monoisotopic (exact) mass is 302 g/mol. The number of hydrogen-bond acceptors (Lipinski definition) is 6. The highest BCUT2D eigenvalue weighted by molar-refractivity contribution is 5.84. The summed E-state index contributed by atoms with van der Waals surface area (Å²) in [5.74, 6) is -2.38. The van der Waals surface area contributed by atoms with Crippen LogP contribution in [0, 0.1) is 5.92 Å². The number of carbonyl (C=O) groups excluding carboxylic acids is 2. The number of ether oxygens (including phenoxy) is 3. The third kappa shape index (κ3) is 3.42. The van der Waals surface area contributed by atoms with Gasteiger partial charge in [0.15, 0.2) is 6.04 Å². The van der Waals surface area contributed by atoms with E-state index < -0.39 is 36.0 Å². The lowest BCUT2D eigenvalue weighted by atomic mass is 10.0. The standard InChI is InChI=1S/C12H18N2O7/c1-19-11(17)9-6-20-3-2-14(9)12(18)13-8-5-21-4-7(8)10(15)16/h7-9H,2-6H2,1H3,(H,13,18)(H,15,16). The van der Waals surface area contributed by atoms with Crippen molar-refractivity contribution in [3.63, 3.8) is 0 Å². The molecule has 9 heteroatoms. The molecule has 2 N–H and O–H groups in total. The Balaban J connectivity index is 2.00. The second kappa shape index (κ2) is 6.72. The predicted molar refractivity (Wildman–Crippen MR) is 67.6 cm³/mol. The smallest absolute Gasteiger partial charge is 0.331 e. The lowest BCUT2D eigenvalue weighted by Gasteiger charge is -2.34. The average molecular weight is 302 g/mol. The van der Waals surface area contributed by atoms with Gasteiger partial charge in [-0.15, -0.1) is 0 Å². The van der Waals surface area contributed by atoms with E-state index in [0.29, 0.717) is 6.61 Å². The molecular formula is C12H18N2O7. The van der Waals surface area contributed by atoms with E-state index in [9.17, 15) is 14.4 Å². The molecule has 0 aromatic carbocycles. The van der Waals surface area contributed by atoms with Gasteiger partial charge in [-0.1, -0.05) is 0 Å². The van der Waals surface area contributed by atoms with Crippen molar-refractivity contribution in [2.45, 2.75) is 12.1 Å². The Morgan fingerprint density at radius 1 is 1.24 bits per heavy atom. The van der Waals surface area contributed by atoms with Gasteiger partial charge in [0.05, 0.1) is 39.6 Å². The topological polar surface area (TPSA) is 114 Å². The summed E-state index contributed by atoms with van der Waals surface area (Å²) in [6.07, 6.45) is 0. The first kappa shape index (κ1) is 15.5. The van der Waals surface area contributed by atoms with Crippen LogP contribution in [0.25, 0.3) is 0 Å². The van der Waals surface area contributed by atoms with Gasteiger partial charge in [-0.3, -0.25) is 4.79 Å². The van der Waals surface area contributed by atoms with Crippen LogP contribution in [0.4, 0.5) is 4.79 Å². The van der Waals surface area contributed by atoms with Crippen LogP contribution in [0.1, 0.15) is 0 Å². The first-order chi connectivity index (χ1) is 10.0. The van der Waals surface area contributed by atoms with Gasteiger partial charge in [0.1, 0.15) is 5.92 Å². The fraction of sp³-hybridized carbons (Fsp3) is 0.750. The maximum absolute atomic E-state index is 12.3. The second-order valence-corrected chi connectivity index (χ2v) is 4.85. The fourth-order valence-corrected chi connectivity index (χ4v) is 2.36. The molecule has 21 heavy (non-hydrogen) atoms. The Morgan fingerprint density at radius 3 is 2.67 bits per heavy atom. The SMILES string of the molecule is COC(=O)C1COCCN1C(=O)NC1COCC1C(=O)O. The number of carbonyl (C=O) groups is 3. The molecule has 2 saturated heterocycles. The second-order valence-electron chi connectivity index (χ2n) is 4.85. The highest BCUT2D eigenvalue weighted by Crippen LogP contribution is 2.15. The van der Waals surface area contributed by atoms with E-state index in [1.807, 2.05) is 0 Å². The van der Waals surface area contributed by atoms with Gasteiger partial charge in [-0.2, -0.15) is 0 Å². The minimum Gasteiger partial charge on any atom is -0.481 e. The summed E-state index contributed by atoms with van der Waals surface area (Å²) in [6, 6.07) is -1.96. The molecule has 2 rings (SSSR count). The predicted octanol–water partition coefficient (Wildman–Crippen LogP) is -1.33. The van der Waals surface area contributed by atoms with E-state index in [1.165, 1.54) is 12.0 Å². The van der Waals surface area contributed by atoms with Crippen molar-refractivity contribution in [1.29, 1.82) is 0 Å².